The van der Waals surface area contributed by atoms with Crippen LogP contribution in [0.4, 0.5) is 0 Å². The van der Waals surface area contributed by atoms with Gasteiger partial charge < -0.3 is 4.98 Å². The smallest absolute Gasteiger partial charge is 0.127 e. The molecule has 1 aliphatic carbocycles. The minimum Gasteiger partial charge on any atom is -0.341 e. The van der Waals surface area contributed by atoms with E-state index in [0.717, 1.165) is 42.5 Å². The third kappa shape index (κ3) is 1.61. The van der Waals surface area contributed by atoms with Gasteiger partial charge in [-0.1, -0.05) is 31.4 Å². The van der Waals surface area contributed by atoms with Crippen LogP contribution >= 0.6 is 0 Å². The lowest BCUT2D eigenvalue weighted by atomic mass is 9.75. The van der Waals surface area contributed by atoms with Crippen molar-refractivity contribution in [3.63, 3.8) is 0 Å². The van der Waals surface area contributed by atoms with Gasteiger partial charge in [0.05, 0.1) is 17.1 Å². The van der Waals surface area contributed by atoms with Crippen LogP contribution in [0.2, 0.25) is 0 Å². The van der Waals surface area contributed by atoms with Gasteiger partial charge in [-0.3, -0.25) is 0 Å². The van der Waals surface area contributed by atoms with Crippen LogP contribution < -0.4 is 0 Å². The second kappa shape index (κ2) is 3.89. The van der Waals surface area contributed by atoms with Crippen LogP contribution in [0, 0.1) is 11.3 Å². The van der Waals surface area contributed by atoms with Crippen LogP contribution in [0.3, 0.4) is 0 Å². The predicted octanol–water partition coefficient (Wildman–Crippen LogP) is 3.29. The minimum atomic E-state index is -0.378. The first-order valence-corrected chi connectivity index (χ1v) is 6.21. The number of benzene rings is 1. The Bertz CT molecular complexity index is 537. The molecule has 86 valence electrons. The van der Waals surface area contributed by atoms with Crippen LogP contribution in [-0.2, 0) is 5.41 Å². The Hall–Kier alpha value is -1.82. The molecule has 0 amide bonds. The summed E-state index contributed by atoms with van der Waals surface area (Å²) in [6, 6.07) is 10.5. The summed E-state index contributed by atoms with van der Waals surface area (Å²) >= 11 is 0. The number of aromatic nitrogens is 2. The zero-order chi connectivity index (χ0) is 11.7. The van der Waals surface area contributed by atoms with Crippen LogP contribution in [0.25, 0.3) is 11.0 Å². The molecule has 1 aromatic heterocycles. The summed E-state index contributed by atoms with van der Waals surface area (Å²) in [5.41, 5.74) is 1.61. The predicted molar refractivity (Wildman–Crippen MR) is 66.5 cm³/mol. The fourth-order valence-electron chi connectivity index (χ4n) is 2.74. The Morgan fingerprint density at radius 2 is 1.94 bits per heavy atom. The maximum Gasteiger partial charge on any atom is 0.127 e. The molecule has 0 atom stereocenters. The van der Waals surface area contributed by atoms with E-state index in [0.29, 0.717) is 0 Å². The van der Waals surface area contributed by atoms with Crippen molar-refractivity contribution in [1.82, 2.24) is 9.97 Å². The molecule has 0 aliphatic heterocycles. The lowest BCUT2D eigenvalue weighted by Crippen LogP contribution is -2.28. The quantitative estimate of drug-likeness (QED) is 0.809. The van der Waals surface area contributed by atoms with Gasteiger partial charge in [0.25, 0.3) is 0 Å². The highest BCUT2D eigenvalue weighted by molar-refractivity contribution is 5.75. The zero-order valence-corrected chi connectivity index (χ0v) is 9.74. The molecule has 3 nitrogen and oxygen atoms in total. The van der Waals surface area contributed by atoms with Gasteiger partial charge in [-0.05, 0) is 25.0 Å². The van der Waals surface area contributed by atoms with E-state index < -0.39 is 0 Å². The maximum atomic E-state index is 9.51. The lowest BCUT2D eigenvalue weighted by Gasteiger charge is -2.28. The number of H-pyrrole nitrogens is 1. The SMILES string of the molecule is N#CC1(c2nc3ccccc3[nH]2)CCCCC1. The Morgan fingerprint density at radius 3 is 2.65 bits per heavy atom. The molecule has 2 aromatic rings. The van der Waals surface area contributed by atoms with E-state index in [1.54, 1.807) is 0 Å². The van der Waals surface area contributed by atoms with Crippen LogP contribution in [-0.4, -0.2) is 9.97 Å². The molecule has 3 heteroatoms. The summed E-state index contributed by atoms with van der Waals surface area (Å²) in [5, 5.41) is 9.51. The molecule has 1 N–H and O–H groups in total. The molecule has 17 heavy (non-hydrogen) atoms. The summed E-state index contributed by atoms with van der Waals surface area (Å²) < 4.78 is 0. The van der Waals surface area contributed by atoms with Gasteiger partial charge in [0.15, 0.2) is 0 Å². The second-order valence-electron chi connectivity index (χ2n) is 4.86. The van der Waals surface area contributed by atoms with E-state index in [-0.39, 0.29) is 5.41 Å². The minimum absolute atomic E-state index is 0.378. The summed E-state index contributed by atoms with van der Waals surface area (Å²) in [7, 11) is 0. The average Bonchev–Trinajstić information content (AvgIpc) is 2.84. The first-order chi connectivity index (χ1) is 8.34. The number of para-hydroxylation sites is 2. The molecule has 1 heterocycles. The molecule has 0 radical (unpaired) electrons. The molecule has 0 spiro atoms. The van der Waals surface area contributed by atoms with Gasteiger partial charge in [0.2, 0.25) is 0 Å². The van der Waals surface area contributed by atoms with Gasteiger partial charge >= 0.3 is 0 Å². The number of nitriles is 1. The number of aromatic amines is 1. The fourth-order valence-corrected chi connectivity index (χ4v) is 2.74. The maximum absolute atomic E-state index is 9.51. The first kappa shape index (κ1) is 10.3. The Kier molecular flexibility index (Phi) is 2.36. The third-order valence-corrected chi connectivity index (χ3v) is 3.76. The van der Waals surface area contributed by atoms with Crippen LogP contribution in [0.5, 0.6) is 0 Å². The summed E-state index contributed by atoms with van der Waals surface area (Å²) in [4.78, 5) is 7.92. The van der Waals surface area contributed by atoms with Crippen molar-refractivity contribution in [1.29, 1.82) is 5.26 Å². The molecule has 1 saturated carbocycles. The molecule has 1 aromatic carbocycles. The molecule has 0 bridgehead atoms. The molecule has 3 rings (SSSR count). The van der Waals surface area contributed by atoms with Crippen molar-refractivity contribution < 1.29 is 0 Å². The van der Waals surface area contributed by atoms with E-state index in [9.17, 15) is 5.26 Å². The number of rotatable bonds is 1. The van der Waals surface area contributed by atoms with Crippen molar-refractivity contribution in [2.75, 3.05) is 0 Å². The van der Waals surface area contributed by atoms with E-state index in [1.807, 2.05) is 24.3 Å². The van der Waals surface area contributed by atoms with Crippen molar-refractivity contribution in [2.45, 2.75) is 37.5 Å². The lowest BCUT2D eigenvalue weighted by molar-refractivity contribution is 0.353. The monoisotopic (exact) mass is 225 g/mol. The molecule has 0 unspecified atom stereocenters. The van der Waals surface area contributed by atoms with Crippen LogP contribution in [0.15, 0.2) is 24.3 Å². The highest BCUT2D eigenvalue weighted by Crippen LogP contribution is 2.38. The Balaban J connectivity index is 2.10. The fraction of sp³-hybridized carbons (Fsp3) is 0.429. The third-order valence-electron chi connectivity index (χ3n) is 3.76. The normalized spacial score (nSPS) is 19.0. The summed E-state index contributed by atoms with van der Waals surface area (Å²) in [5.74, 6) is 0.862. The average molecular weight is 225 g/mol. The number of hydrogen-bond donors (Lipinski definition) is 1. The second-order valence-corrected chi connectivity index (χ2v) is 4.86. The number of imidazole rings is 1. The van der Waals surface area contributed by atoms with Gasteiger partial charge in [-0.15, -0.1) is 0 Å². The van der Waals surface area contributed by atoms with E-state index in [1.165, 1.54) is 6.42 Å². The van der Waals surface area contributed by atoms with Gasteiger partial charge in [-0.25, -0.2) is 4.98 Å². The molecular formula is C14H15N3. The molecule has 0 saturated heterocycles. The highest BCUT2D eigenvalue weighted by atomic mass is 14.9. The molecular weight excluding hydrogens is 210 g/mol. The first-order valence-electron chi connectivity index (χ1n) is 6.21. The Morgan fingerprint density at radius 1 is 1.18 bits per heavy atom. The van der Waals surface area contributed by atoms with Crippen molar-refractivity contribution in [2.24, 2.45) is 0 Å². The Labute approximate surface area is 100 Å². The van der Waals surface area contributed by atoms with Gasteiger partial charge in [0, 0.05) is 0 Å². The largest absolute Gasteiger partial charge is 0.341 e. The van der Waals surface area contributed by atoms with Crippen LogP contribution in [0.1, 0.15) is 37.9 Å². The number of fused-ring (bicyclic) bond motifs is 1. The van der Waals surface area contributed by atoms with E-state index in [4.69, 9.17) is 0 Å². The zero-order valence-electron chi connectivity index (χ0n) is 9.74. The summed E-state index contributed by atoms with van der Waals surface area (Å²) in [6.45, 7) is 0. The van der Waals surface area contributed by atoms with Crippen molar-refractivity contribution >= 4 is 11.0 Å². The number of nitrogens with zero attached hydrogens (tertiary/aromatic N) is 2. The van der Waals surface area contributed by atoms with Gasteiger partial charge in [0.1, 0.15) is 11.2 Å². The van der Waals surface area contributed by atoms with E-state index in [2.05, 4.69) is 16.0 Å². The van der Waals surface area contributed by atoms with E-state index >= 15 is 0 Å². The number of nitrogens with one attached hydrogen (secondary N) is 1. The molecule has 1 fully saturated rings. The standard InChI is InChI=1S/C14H15N3/c15-10-14(8-4-1-5-9-14)13-16-11-6-2-3-7-12(11)17-13/h2-3,6-7H,1,4-5,8-9H2,(H,16,17). The summed E-state index contributed by atoms with van der Waals surface area (Å²) in [6.07, 6.45) is 5.37. The number of hydrogen-bond acceptors (Lipinski definition) is 2. The van der Waals surface area contributed by atoms with Crippen molar-refractivity contribution in [3.8, 4) is 6.07 Å². The van der Waals surface area contributed by atoms with Gasteiger partial charge in [-0.2, -0.15) is 5.26 Å². The highest BCUT2D eigenvalue weighted by Gasteiger charge is 2.36. The van der Waals surface area contributed by atoms with Crippen molar-refractivity contribution in [3.05, 3.63) is 30.1 Å². The molecule has 1 aliphatic rings. The topological polar surface area (TPSA) is 52.5 Å².